The first-order valence-electron chi connectivity index (χ1n) is 17.2. The molecule has 0 amide bonds. The van der Waals surface area contributed by atoms with Crippen LogP contribution in [0.2, 0.25) is 0 Å². The average Bonchev–Trinajstić information content (AvgIpc) is 3.92. The number of rotatable bonds is 4. The Hall–Kier alpha value is -6.59. The molecular formula is C45H30N4O. The lowest BCUT2D eigenvalue weighted by Gasteiger charge is -2.17. The van der Waals surface area contributed by atoms with E-state index in [2.05, 4.69) is 172 Å². The highest BCUT2D eigenvalue weighted by molar-refractivity contribution is 6.39. The van der Waals surface area contributed by atoms with Crippen molar-refractivity contribution in [3.63, 3.8) is 0 Å². The van der Waals surface area contributed by atoms with Gasteiger partial charge in [0, 0.05) is 44.4 Å². The molecule has 0 atom stereocenters. The molecule has 0 unspecified atom stereocenters. The summed E-state index contributed by atoms with van der Waals surface area (Å²) in [7, 11) is 0. The highest BCUT2D eigenvalue weighted by Crippen LogP contribution is 2.49. The number of nitrogens with zero attached hydrogens (tertiary/aromatic N) is 4. The van der Waals surface area contributed by atoms with E-state index in [1.54, 1.807) is 0 Å². The van der Waals surface area contributed by atoms with Crippen molar-refractivity contribution in [2.24, 2.45) is 0 Å². The van der Waals surface area contributed by atoms with E-state index in [1.807, 2.05) is 0 Å². The summed E-state index contributed by atoms with van der Waals surface area (Å²) in [5, 5.41) is 7.00. The van der Waals surface area contributed by atoms with Gasteiger partial charge >= 0.3 is 0 Å². The van der Waals surface area contributed by atoms with Crippen molar-refractivity contribution in [3.8, 4) is 17.1 Å². The van der Waals surface area contributed by atoms with Crippen LogP contribution in [0.1, 0.15) is 12.7 Å². The maximum atomic E-state index is 6.95. The van der Waals surface area contributed by atoms with Gasteiger partial charge < -0.3 is 13.6 Å². The molecule has 0 aliphatic carbocycles. The monoisotopic (exact) mass is 642 g/mol. The maximum absolute atomic E-state index is 6.95. The molecule has 236 valence electrons. The fraction of sp³-hybridized carbons (Fsp3) is 0.0444. The third-order valence-electron chi connectivity index (χ3n) is 10.4. The highest BCUT2D eigenvalue weighted by atomic mass is 16.3. The Morgan fingerprint density at radius 1 is 0.480 bits per heavy atom. The van der Waals surface area contributed by atoms with E-state index >= 15 is 0 Å². The number of imidazole rings is 1. The summed E-state index contributed by atoms with van der Waals surface area (Å²) in [5.74, 6) is 1.04. The van der Waals surface area contributed by atoms with Crippen LogP contribution >= 0.6 is 0 Å². The van der Waals surface area contributed by atoms with Crippen molar-refractivity contribution < 1.29 is 4.42 Å². The number of benzene rings is 7. The highest BCUT2D eigenvalue weighted by Gasteiger charge is 2.28. The maximum Gasteiger partial charge on any atom is 0.160 e. The normalized spacial score (nSPS) is 12.2. The molecule has 0 aliphatic heterocycles. The fourth-order valence-electron chi connectivity index (χ4n) is 8.40. The molecule has 50 heavy (non-hydrogen) atoms. The fourth-order valence-corrected chi connectivity index (χ4v) is 8.40. The third kappa shape index (κ3) is 3.53. The summed E-state index contributed by atoms with van der Waals surface area (Å²) in [6.45, 7) is 2.18. The minimum Gasteiger partial charge on any atom is -0.454 e. The molecule has 11 aromatic rings. The SMILES string of the molecule is CCc1nc2ccccc2n1-c1ccccc1-n1c2ccccc2c2c3c4ccccc4oc3c3c(c4ccccc4n3-c3ccccc3)c21. The Balaban J connectivity index is 1.44. The summed E-state index contributed by atoms with van der Waals surface area (Å²) in [6, 6.07) is 54.0. The second kappa shape index (κ2) is 10.2. The van der Waals surface area contributed by atoms with Gasteiger partial charge in [-0.1, -0.05) is 104 Å². The van der Waals surface area contributed by atoms with Crippen molar-refractivity contribution >= 4 is 76.6 Å². The van der Waals surface area contributed by atoms with Gasteiger partial charge in [0.1, 0.15) is 11.4 Å². The summed E-state index contributed by atoms with van der Waals surface area (Å²) < 4.78 is 14.2. The standard InChI is InChI=1S/C45H30N4O/c1-2-39-46-32-21-9-12-24-35(32)48(39)36-25-13-14-26-37(36)49-34-23-11-6-18-29(34)40-41-31-20-8-15-27-38(31)50-45(41)44-42(43(40)49)30-19-7-10-22-33(30)47(44)28-16-4-3-5-17-28/h3-27H,2H2,1H3. The van der Waals surface area contributed by atoms with Gasteiger partial charge in [-0.05, 0) is 54.6 Å². The lowest BCUT2D eigenvalue weighted by Crippen LogP contribution is -2.06. The van der Waals surface area contributed by atoms with Crippen LogP contribution in [-0.4, -0.2) is 18.7 Å². The van der Waals surface area contributed by atoms with Gasteiger partial charge in [0.05, 0.1) is 44.5 Å². The van der Waals surface area contributed by atoms with Crippen LogP contribution in [0, 0.1) is 0 Å². The Morgan fingerprint density at radius 2 is 1.06 bits per heavy atom. The van der Waals surface area contributed by atoms with Gasteiger partial charge in [-0.2, -0.15) is 0 Å². The number of fused-ring (bicyclic) bond motifs is 13. The molecule has 0 radical (unpaired) electrons. The largest absolute Gasteiger partial charge is 0.454 e. The first kappa shape index (κ1) is 27.4. The number of aryl methyl sites for hydroxylation is 1. The van der Waals surface area contributed by atoms with Crippen LogP contribution in [0.3, 0.4) is 0 Å². The van der Waals surface area contributed by atoms with E-state index in [1.165, 1.54) is 27.1 Å². The molecule has 4 heterocycles. The zero-order chi connectivity index (χ0) is 32.9. The number of aromatic nitrogens is 4. The van der Waals surface area contributed by atoms with Crippen molar-refractivity contribution in [2.75, 3.05) is 0 Å². The molecule has 0 saturated heterocycles. The van der Waals surface area contributed by atoms with E-state index in [4.69, 9.17) is 9.40 Å². The van der Waals surface area contributed by atoms with Crippen LogP contribution in [0.4, 0.5) is 0 Å². The van der Waals surface area contributed by atoms with Crippen molar-refractivity contribution in [1.82, 2.24) is 18.7 Å². The summed E-state index contributed by atoms with van der Waals surface area (Å²) in [4.78, 5) is 5.09. The van der Waals surface area contributed by atoms with Crippen LogP contribution < -0.4 is 0 Å². The molecule has 5 nitrogen and oxygen atoms in total. The predicted octanol–water partition coefficient (Wildman–Crippen LogP) is 11.7. The van der Waals surface area contributed by atoms with E-state index in [-0.39, 0.29) is 0 Å². The number of hydrogen-bond acceptors (Lipinski definition) is 2. The van der Waals surface area contributed by atoms with Gasteiger partial charge in [0.2, 0.25) is 0 Å². The first-order valence-corrected chi connectivity index (χ1v) is 17.2. The number of furan rings is 1. The van der Waals surface area contributed by atoms with Gasteiger partial charge in [-0.15, -0.1) is 0 Å². The van der Waals surface area contributed by atoms with Crippen molar-refractivity contribution in [3.05, 3.63) is 157 Å². The van der Waals surface area contributed by atoms with E-state index in [0.717, 1.165) is 78.8 Å². The van der Waals surface area contributed by atoms with Crippen LogP contribution in [0.5, 0.6) is 0 Å². The molecule has 0 saturated carbocycles. The molecule has 0 bridgehead atoms. The van der Waals surface area contributed by atoms with Crippen molar-refractivity contribution in [1.29, 1.82) is 0 Å². The van der Waals surface area contributed by atoms with E-state index < -0.39 is 0 Å². The molecule has 4 aromatic heterocycles. The van der Waals surface area contributed by atoms with Gasteiger partial charge in [0.25, 0.3) is 0 Å². The molecule has 11 rings (SSSR count). The van der Waals surface area contributed by atoms with Crippen LogP contribution in [-0.2, 0) is 6.42 Å². The zero-order valence-corrected chi connectivity index (χ0v) is 27.3. The van der Waals surface area contributed by atoms with Crippen LogP contribution in [0.25, 0.3) is 93.6 Å². The number of para-hydroxylation sites is 8. The van der Waals surface area contributed by atoms with Gasteiger partial charge in [0.15, 0.2) is 5.58 Å². The van der Waals surface area contributed by atoms with Crippen molar-refractivity contribution in [2.45, 2.75) is 13.3 Å². The predicted molar refractivity (Wildman–Crippen MR) is 206 cm³/mol. The average molecular weight is 643 g/mol. The smallest absolute Gasteiger partial charge is 0.160 e. The molecule has 0 N–H and O–H groups in total. The Bertz CT molecular complexity index is 3140. The Kier molecular flexibility index (Phi) is 5.59. The van der Waals surface area contributed by atoms with E-state index in [0.29, 0.717) is 0 Å². The Morgan fingerprint density at radius 3 is 1.82 bits per heavy atom. The second-order valence-corrected chi connectivity index (χ2v) is 13.0. The molecule has 0 spiro atoms. The number of hydrogen-bond donors (Lipinski definition) is 0. The zero-order valence-electron chi connectivity index (χ0n) is 27.3. The summed E-state index contributed by atoms with van der Waals surface area (Å²) in [6.07, 6.45) is 0.812. The first-order chi connectivity index (χ1) is 24.8. The van der Waals surface area contributed by atoms with Crippen LogP contribution in [0.15, 0.2) is 156 Å². The summed E-state index contributed by atoms with van der Waals surface area (Å²) in [5.41, 5.74) is 11.7. The molecular weight excluding hydrogens is 613 g/mol. The molecule has 0 fully saturated rings. The second-order valence-electron chi connectivity index (χ2n) is 13.0. The molecule has 7 aromatic carbocycles. The Labute approximate surface area is 286 Å². The quantitative estimate of drug-likeness (QED) is 0.192. The van der Waals surface area contributed by atoms with Gasteiger partial charge in [-0.3, -0.25) is 4.57 Å². The lowest BCUT2D eigenvalue weighted by atomic mass is 10.0. The lowest BCUT2D eigenvalue weighted by molar-refractivity contribution is 0.671. The molecule has 5 heteroatoms. The summed E-state index contributed by atoms with van der Waals surface area (Å²) >= 11 is 0. The van der Waals surface area contributed by atoms with Gasteiger partial charge in [-0.25, -0.2) is 4.98 Å². The molecule has 0 aliphatic rings. The minimum atomic E-state index is 0.812. The van der Waals surface area contributed by atoms with E-state index in [9.17, 15) is 0 Å². The third-order valence-corrected chi connectivity index (χ3v) is 10.4. The topological polar surface area (TPSA) is 40.8 Å². The minimum absolute atomic E-state index is 0.812.